The maximum absolute atomic E-state index is 12.5. The maximum atomic E-state index is 12.5. The van der Waals surface area contributed by atoms with Crippen LogP contribution >= 0.6 is 24.8 Å². The van der Waals surface area contributed by atoms with E-state index in [1.54, 1.807) is 24.4 Å². The van der Waals surface area contributed by atoms with Crippen LogP contribution in [0.25, 0.3) is 10.9 Å². The number of aromatic nitrogens is 1. The highest BCUT2D eigenvalue weighted by Gasteiger charge is 2.15. The van der Waals surface area contributed by atoms with Gasteiger partial charge >= 0.3 is 0 Å². The van der Waals surface area contributed by atoms with Crippen molar-refractivity contribution < 1.29 is 29.6 Å². The quantitative estimate of drug-likeness (QED) is 0.148. The highest BCUT2D eigenvalue weighted by atomic mass is 35.5. The minimum atomic E-state index is -0.716. The van der Waals surface area contributed by atoms with Crippen LogP contribution in [0, 0.1) is 0 Å². The molecule has 0 aliphatic rings. The Morgan fingerprint density at radius 1 is 0.902 bits per heavy atom. The summed E-state index contributed by atoms with van der Waals surface area (Å²) in [6, 6.07) is 23.6. The van der Waals surface area contributed by atoms with Gasteiger partial charge in [0.15, 0.2) is 0 Å². The molecule has 4 aromatic rings. The predicted octanol–water partition coefficient (Wildman–Crippen LogP) is 3.53. The number of pyridine rings is 1. The summed E-state index contributed by atoms with van der Waals surface area (Å²) in [6.07, 6.45) is 1.44. The number of halogens is 2. The third-order valence-electron chi connectivity index (χ3n) is 6.05. The van der Waals surface area contributed by atoms with Gasteiger partial charge in [-0.15, -0.1) is 24.8 Å². The molecule has 0 fully saturated rings. The van der Waals surface area contributed by atoms with Gasteiger partial charge in [-0.05, 0) is 54.4 Å². The van der Waals surface area contributed by atoms with E-state index >= 15 is 0 Å². The lowest BCUT2D eigenvalue weighted by Crippen LogP contribution is -2.41. The number of hydrogen-bond acceptors (Lipinski definition) is 8. The SMILES string of the molecule is Cl.Cl.O=C(NCCO)c1cccc2c(Oc3ccc(C[C@@H](CO)NC[C@H](O)COc4ccccc4)cc3)ccnc12. The van der Waals surface area contributed by atoms with Gasteiger partial charge in [-0.25, -0.2) is 0 Å². The zero-order valence-electron chi connectivity index (χ0n) is 22.3. The zero-order chi connectivity index (χ0) is 27.5. The van der Waals surface area contributed by atoms with E-state index < -0.39 is 6.10 Å². The van der Waals surface area contributed by atoms with E-state index in [0.29, 0.717) is 40.1 Å². The van der Waals surface area contributed by atoms with Crippen LogP contribution in [-0.4, -0.2) is 71.3 Å². The summed E-state index contributed by atoms with van der Waals surface area (Å²) < 4.78 is 11.7. The average molecular weight is 605 g/mol. The number of aliphatic hydroxyl groups is 3. The fourth-order valence-electron chi connectivity index (χ4n) is 4.06. The molecule has 2 atom stereocenters. The first-order valence-corrected chi connectivity index (χ1v) is 12.8. The lowest BCUT2D eigenvalue weighted by molar-refractivity contribution is 0.0946. The fourth-order valence-corrected chi connectivity index (χ4v) is 4.06. The number of rotatable bonds is 14. The standard InChI is InChI=1S/C30H33N3O6.2ClH/c34-16-15-32-30(37)27-8-4-7-26-28(13-14-31-29(26)27)39-25-11-9-21(10-12-25)17-22(19-35)33-18-23(36)20-38-24-5-2-1-3-6-24;;/h1-14,22-23,33-36H,15-20H2,(H,32,37);2*1H/t22-,23-;;/m0../s1. The van der Waals surface area contributed by atoms with Crippen LogP contribution < -0.4 is 20.1 Å². The van der Waals surface area contributed by atoms with Crippen molar-refractivity contribution >= 4 is 41.6 Å². The van der Waals surface area contributed by atoms with Crippen LogP contribution in [0.1, 0.15) is 15.9 Å². The molecule has 0 saturated carbocycles. The molecule has 11 heteroatoms. The van der Waals surface area contributed by atoms with Crippen molar-refractivity contribution in [3.63, 3.8) is 0 Å². The van der Waals surface area contributed by atoms with Crippen molar-refractivity contribution in [1.82, 2.24) is 15.6 Å². The predicted molar refractivity (Wildman–Crippen MR) is 163 cm³/mol. The van der Waals surface area contributed by atoms with E-state index in [1.807, 2.05) is 60.7 Å². The molecule has 9 nitrogen and oxygen atoms in total. The first-order valence-electron chi connectivity index (χ1n) is 12.8. The van der Waals surface area contributed by atoms with Crippen molar-refractivity contribution in [2.24, 2.45) is 0 Å². The highest BCUT2D eigenvalue weighted by Crippen LogP contribution is 2.30. The van der Waals surface area contributed by atoms with Crippen LogP contribution in [0.15, 0.2) is 85.1 Å². The van der Waals surface area contributed by atoms with Crippen LogP contribution in [0.4, 0.5) is 0 Å². The first kappa shape index (κ1) is 33.8. The van der Waals surface area contributed by atoms with Crippen molar-refractivity contribution in [3.05, 3.63) is 96.2 Å². The largest absolute Gasteiger partial charge is 0.491 e. The van der Waals surface area contributed by atoms with Crippen LogP contribution in [0.2, 0.25) is 0 Å². The van der Waals surface area contributed by atoms with Gasteiger partial charge < -0.3 is 35.4 Å². The Kier molecular flexibility index (Phi) is 14.3. The van der Waals surface area contributed by atoms with Gasteiger partial charge in [0.25, 0.3) is 5.91 Å². The van der Waals surface area contributed by atoms with Crippen molar-refractivity contribution in [3.8, 4) is 17.2 Å². The second-order valence-corrected chi connectivity index (χ2v) is 9.01. The Hall–Kier alpha value is -3.44. The van der Waals surface area contributed by atoms with Gasteiger partial charge in [-0.3, -0.25) is 9.78 Å². The summed E-state index contributed by atoms with van der Waals surface area (Å²) in [5, 5.41) is 35.6. The Bertz CT molecular complexity index is 1350. The average Bonchev–Trinajstić information content (AvgIpc) is 2.98. The molecule has 1 heterocycles. The van der Waals surface area contributed by atoms with E-state index in [4.69, 9.17) is 14.6 Å². The molecule has 220 valence electrons. The van der Waals surface area contributed by atoms with E-state index in [0.717, 1.165) is 5.56 Å². The number of benzene rings is 3. The van der Waals surface area contributed by atoms with Gasteiger partial charge in [-0.1, -0.05) is 36.4 Å². The number of fused-ring (bicyclic) bond motifs is 1. The number of carbonyl (C=O) groups excluding carboxylic acids is 1. The topological polar surface area (TPSA) is 133 Å². The Labute approximate surface area is 251 Å². The number of hydrogen-bond donors (Lipinski definition) is 5. The molecule has 41 heavy (non-hydrogen) atoms. The fraction of sp³-hybridized carbons (Fsp3) is 0.267. The summed E-state index contributed by atoms with van der Waals surface area (Å²) >= 11 is 0. The second kappa shape index (κ2) is 17.4. The number of carbonyl (C=O) groups is 1. The highest BCUT2D eigenvalue weighted by molar-refractivity contribution is 6.06. The van der Waals surface area contributed by atoms with Crippen LogP contribution in [0.3, 0.4) is 0 Å². The third kappa shape index (κ3) is 9.86. The summed E-state index contributed by atoms with van der Waals surface area (Å²) in [5.74, 6) is 1.56. The Morgan fingerprint density at radius 3 is 2.37 bits per heavy atom. The van der Waals surface area contributed by atoms with Gasteiger partial charge in [0, 0.05) is 30.7 Å². The molecule has 1 amide bonds. The molecule has 1 aromatic heterocycles. The van der Waals surface area contributed by atoms with Gasteiger partial charge in [0.1, 0.15) is 30.0 Å². The molecule has 0 aliphatic carbocycles. The molecule has 0 saturated heterocycles. The lowest BCUT2D eigenvalue weighted by Gasteiger charge is -2.19. The van der Waals surface area contributed by atoms with Crippen molar-refractivity contribution in [2.75, 3.05) is 32.9 Å². The number of para-hydroxylation sites is 2. The van der Waals surface area contributed by atoms with Crippen LogP contribution in [-0.2, 0) is 6.42 Å². The van der Waals surface area contributed by atoms with Crippen molar-refractivity contribution in [2.45, 2.75) is 18.6 Å². The number of nitrogens with zero attached hydrogens (tertiary/aromatic N) is 1. The van der Waals surface area contributed by atoms with Gasteiger partial charge in [0.05, 0.1) is 24.3 Å². The summed E-state index contributed by atoms with van der Waals surface area (Å²) in [4.78, 5) is 16.8. The molecule has 0 spiro atoms. The van der Waals surface area contributed by atoms with Gasteiger partial charge in [-0.2, -0.15) is 0 Å². The molecule has 5 N–H and O–H groups in total. The molecular weight excluding hydrogens is 569 g/mol. The van der Waals surface area contributed by atoms with Gasteiger partial charge in [0.2, 0.25) is 0 Å². The zero-order valence-corrected chi connectivity index (χ0v) is 23.9. The van der Waals surface area contributed by atoms with Crippen LogP contribution in [0.5, 0.6) is 17.2 Å². The molecule has 0 unspecified atom stereocenters. The number of aliphatic hydroxyl groups excluding tert-OH is 3. The molecule has 0 radical (unpaired) electrons. The molecule has 0 aliphatic heterocycles. The molecule has 4 rings (SSSR count). The van der Waals surface area contributed by atoms with E-state index in [1.165, 1.54) is 0 Å². The number of amides is 1. The van der Waals surface area contributed by atoms with Crippen molar-refractivity contribution in [1.29, 1.82) is 0 Å². The summed E-state index contributed by atoms with van der Waals surface area (Å²) in [6.45, 7) is 0.374. The smallest absolute Gasteiger partial charge is 0.253 e. The Morgan fingerprint density at radius 2 is 1.66 bits per heavy atom. The van der Waals surface area contributed by atoms with E-state index in [9.17, 15) is 15.0 Å². The monoisotopic (exact) mass is 603 g/mol. The second-order valence-electron chi connectivity index (χ2n) is 9.01. The number of ether oxygens (including phenoxy) is 2. The molecule has 0 bridgehead atoms. The minimum absolute atomic E-state index is 0. The lowest BCUT2D eigenvalue weighted by atomic mass is 10.1. The third-order valence-corrected chi connectivity index (χ3v) is 6.05. The molecule has 3 aromatic carbocycles. The summed E-state index contributed by atoms with van der Waals surface area (Å²) in [7, 11) is 0. The normalized spacial score (nSPS) is 12.0. The molecular formula is C30H35Cl2N3O6. The minimum Gasteiger partial charge on any atom is -0.491 e. The maximum Gasteiger partial charge on any atom is 0.253 e. The van der Waals surface area contributed by atoms with E-state index in [2.05, 4.69) is 15.6 Å². The first-order chi connectivity index (χ1) is 19.1. The summed E-state index contributed by atoms with van der Waals surface area (Å²) in [5.41, 5.74) is 1.91. The Balaban J connectivity index is 0.00000294. The number of nitrogens with one attached hydrogen (secondary N) is 2. The van der Waals surface area contributed by atoms with E-state index in [-0.39, 0.29) is 69.7 Å².